The fraction of sp³-hybridized carbons (Fsp3) is 0.786. The average molecular weight is 224 g/mol. The first kappa shape index (κ1) is 13.3. The summed E-state index contributed by atoms with van der Waals surface area (Å²) >= 11 is 0. The van der Waals surface area contributed by atoms with Gasteiger partial charge in [-0.25, -0.2) is 0 Å². The number of carbonyl (C=O) groups is 1. The molecular weight excluding hydrogens is 200 g/mol. The van der Waals surface area contributed by atoms with Gasteiger partial charge < -0.3 is 4.74 Å². The van der Waals surface area contributed by atoms with Crippen molar-refractivity contribution in [2.45, 2.75) is 54.1 Å². The van der Waals surface area contributed by atoms with Crippen LogP contribution in [-0.4, -0.2) is 11.6 Å². The van der Waals surface area contributed by atoms with Gasteiger partial charge in [0.25, 0.3) is 0 Å². The van der Waals surface area contributed by atoms with E-state index >= 15 is 0 Å². The Balaban J connectivity index is 2.70. The van der Waals surface area contributed by atoms with E-state index in [0.717, 1.165) is 0 Å². The van der Waals surface area contributed by atoms with Gasteiger partial charge in [-0.2, -0.15) is 0 Å². The molecular formula is C14H24O2. The molecule has 1 saturated carbocycles. The first-order chi connectivity index (χ1) is 7.05. The lowest BCUT2D eigenvalue weighted by Gasteiger charge is -2.19. The number of hydrogen-bond acceptors (Lipinski definition) is 2. The highest BCUT2D eigenvalue weighted by atomic mass is 16.6. The van der Waals surface area contributed by atoms with Crippen molar-refractivity contribution in [2.75, 3.05) is 0 Å². The minimum absolute atomic E-state index is 0.0293. The van der Waals surface area contributed by atoms with E-state index in [4.69, 9.17) is 4.74 Å². The smallest absolute Gasteiger partial charge is 0.310 e. The highest BCUT2D eigenvalue weighted by Crippen LogP contribution is 2.60. The van der Waals surface area contributed by atoms with E-state index in [1.807, 2.05) is 20.8 Å². The van der Waals surface area contributed by atoms with E-state index < -0.39 is 0 Å². The van der Waals surface area contributed by atoms with Gasteiger partial charge in [0.05, 0.1) is 5.92 Å². The molecule has 16 heavy (non-hydrogen) atoms. The zero-order chi connectivity index (χ0) is 12.7. The molecule has 0 heterocycles. The first-order valence-corrected chi connectivity index (χ1v) is 5.93. The van der Waals surface area contributed by atoms with Crippen LogP contribution in [0.2, 0.25) is 0 Å². The highest BCUT2D eigenvalue weighted by molar-refractivity contribution is 5.78. The van der Waals surface area contributed by atoms with E-state index in [-0.39, 0.29) is 22.9 Å². The van der Waals surface area contributed by atoms with Crippen molar-refractivity contribution < 1.29 is 9.53 Å². The van der Waals surface area contributed by atoms with Crippen LogP contribution in [0.1, 0.15) is 48.5 Å². The number of allylic oxidation sites excluding steroid dienone is 2. The van der Waals surface area contributed by atoms with Crippen LogP contribution in [0, 0.1) is 17.3 Å². The van der Waals surface area contributed by atoms with Crippen molar-refractivity contribution >= 4 is 5.97 Å². The molecule has 2 heteroatoms. The summed E-state index contributed by atoms with van der Waals surface area (Å²) in [5.74, 6) is 0.314. The topological polar surface area (TPSA) is 26.3 Å². The number of carbonyl (C=O) groups excluding carboxylic acids is 1. The van der Waals surface area contributed by atoms with Crippen LogP contribution in [0.4, 0.5) is 0 Å². The third-order valence-electron chi connectivity index (χ3n) is 3.08. The maximum absolute atomic E-state index is 12.0. The standard InChI is InChI=1S/C14H24O2/c1-9(2)8-10-11(14(10,6)7)12(15)16-13(3,4)5/h8,10-11H,1-7H3/t10-,11+/m1/s1. The van der Waals surface area contributed by atoms with E-state index in [0.29, 0.717) is 5.92 Å². The van der Waals surface area contributed by atoms with E-state index in [1.165, 1.54) is 5.57 Å². The molecule has 1 aliphatic rings. The summed E-state index contributed by atoms with van der Waals surface area (Å²) in [5, 5.41) is 0. The average Bonchev–Trinajstić information content (AvgIpc) is 2.47. The summed E-state index contributed by atoms with van der Waals surface area (Å²) in [6.07, 6.45) is 2.19. The quantitative estimate of drug-likeness (QED) is 0.529. The van der Waals surface area contributed by atoms with Crippen LogP contribution in [0.15, 0.2) is 11.6 Å². The molecule has 1 rings (SSSR count). The second kappa shape index (κ2) is 3.90. The Morgan fingerprint density at radius 2 is 1.75 bits per heavy atom. The van der Waals surface area contributed by atoms with Crippen molar-refractivity contribution in [3.8, 4) is 0 Å². The molecule has 0 aromatic rings. The van der Waals surface area contributed by atoms with Gasteiger partial charge in [0.15, 0.2) is 0 Å². The van der Waals surface area contributed by atoms with Crippen molar-refractivity contribution in [3.63, 3.8) is 0 Å². The summed E-state index contributed by atoms with van der Waals surface area (Å²) < 4.78 is 5.44. The van der Waals surface area contributed by atoms with Gasteiger partial charge in [-0.3, -0.25) is 4.79 Å². The molecule has 0 aliphatic heterocycles. The van der Waals surface area contributed by atoms with E-state index in [1.54, 1.807) is 0 Å². The van der Waals surface area contributed by atoms with Crippen LogP contribution >= 0.6 is 0 Å². The summed E-state index contributed by atoms with van der Waals surface area (Å²) in [6.45, 7) is 14.1. The fourth-order valence-electron chi connectivity index (χ4n) is 2.16. The normalized spacial score (nSPS) is 27.2. The van der Waals surface area contributed by atoms with Crippen LogP contribution in [0.3, 0.4) is 0 Å². The molecule has 0 radical (unpaired) electrons. The second-order valence-corrected chi connectivity index (χ2v) is 6.60. The second-order valence-electron chi connectivity index (χ2n) is 6.60. The first-order valence-electron chi connectivity index (χ1n) is 5.93. The van der Waals surface area contributed by atoms with Gasteiger partial charge in [-0.05, 0) is 46.0 Å². The summed E-state index contributed by atoms with van der Waals surface area (Å²) in [5.41, 5.74) is 0.939. The Morgan fingerprint density at radius 1 is 1.25 bits per heavy atom. The van der Waals surface area contributed by atoms with Crippen molar-refractivity contribution in [1.29, 1.82) is 0 Å². The zero-order valence-corrected chi connectivity index (χ0v) is 11.5. The Labute approximate surface area is 99.1 Å². The van der Waals surface area contributed by atoms with Gasteiger partial charge in [-0.1, -0.05) is 25.5 Å². The molecule has 1 aliphatic carbocycles. The SMILES string of the molecule is CC(C)=C[C@@H]1[C@@H](C(=O)OC(C)(C)C)C1(C)C. The van der Waals surface area contributed by atoms with Crippen LogP contribution in [0.25, 0.3) is 0 Å². The molecule has 2 atom stereocenters. The third kappa shape index (κ3) is 2.87. The molecule has 0 aromatic carbocycles. The lowest BCUT2D eigenvalue weighted by Crippen LogP contribution is -2.26. The van der Waals surface area contributed by atoms with Gasteiger partial charge in [0.2, 0.25) is 0 Å². The molecule has 0 unspecified atom stereocenters. The Kier molecular flexibility index (Phi) is 3.24. The Bertz CT molecular complexity index is 314. The van der Waals surface area contributed by atoms with Crippen molar-refractivity contribution in [2.24, 2.45) is 17.3 Å². The summed E-state index contributed by atoms with van der Waals surface area (Å²) in [6, 6.07) is 0. The van der Waals surface area contributed by atoms with Crippen LogP contribution in [-0.2, 0) is 9.53 Å². The maximum Gasteiger partial charge on any atom is 0.310 e. The molecule has 1 fully saturated rings. The minimum atomic E-state index is -0.384. The lowest BCUT2D eigenvalue weighted by molar-refractivity contribution is -0.157. The predicted molar refractivity (Wildman–Crippen MR) is 66.0 cm³/mol. The number of rotatable bonds is 2. The van der Waals surface area contributed by atoms with Crippen molar-refractivity contribution in [1.82, 2.24) is 0 Å². The Morgan fingerprint density at radius 3 is 2.12 bits per heavy atom. The minimum Gasteiger partial charge on any atom is -0.460 e. The van der Waals surface area contributed by atoms with E-state index in [2.05, 4.69) is 33.8 Å². The van der Waals surface area contributed by atoms with Gasteiger partial charge >= 0.3 is 5.97 Å². The fourth-order valence-corrected chi connectivity index (χ4v) is 2.16. The van der Waals surface area contributed by atoms with Gasteiger partial charge in [-0.15, -0.1) is 0 Å². The maximum atomic E-state index is 12.0. The summed E-state index contributed by atoms with van der Waals surface area (Å²) in [7, 11) is 0. The lowest BCUT2D eigenvalue weighted by atomic mass is 10.1. The highest BCUT2D eigenvalue weighted by Gasteiger charge is 2.61. The summed E-state index contributed by atoms with van der Waals surface area (Å²) in [4.78, 5) is 12.0. The van der Waals surface area contributed by atoms with Crippen LogP contribution < -0.4 is 0 Å². The van der Waals surface area contributed by atoms with E-state index in [9.17, 15) is 4.79 Å². The molecule has 0 saturated heterocycles. The predicted octanol–water partition coefficient (Wildman–Crippen LogP) is 3.57. The molecule has 0 amide bonds. The number of esters is 1. The van der Waals surface area contributed by atoms with Crippen LogP contribution in [0.5, 0.6) is 0 Å². The van der Waals surface area contributed by atoms with Crippen molar-refractivity contribution in [3.05, 3.63) is 11.6 Å². The molecule has 0 spiro atoms. The monoisotopic (exact) mass is 224 g/mol. The molecule has 0 N–H and O–H groups in total. The van der Waals surface area contributed by atoms with Gasteiger partial charge in [0, 0.05) is 0 Å². The number of hydrogen-bond donors (Lipinski definition) is 0. The molecule has 2 nitrogen and oxygen atoms in total. The third-order valence-corrected chi connectivity index (χ3v) is 3.08. The molecule has 0 aromatic heterocycles. The zero-order valence-electron chi connectivity index (χ0n) is 11.5. The number of ether oxygens (including phenoxy) is 1. The molecule has 0 bridgehead atoms. The largest absolute Gasteiger partial charge is 0.460 e. The molecule has 92 valence electrons. The Hall–Kier alpha value is -0.790. The van der Waals surface area contributed by atoms with Gasteiger partial charge in [0.1, 0.15) is 5.60 Å².